The Morgan fingerprint density at radius 1 is 1.40 bits per heavy atom. The molecule has 2 rings (SSSR count). The van der Waals surface area contributed by atoms with E-state index >= 15 is 0 Å². The summed E-state index contributed by atoms with van der Waals surface area (Å²) in [6, 6.07) is 5.00. The van der Waals surface area contributed by atoms with Crippen molar-refractivity contribution in [3.8, 4) is 0 Å². The number of aromatic nitrogens is 2. The molecule has 1 aromatic heterocycles. The van der Waals surface area contributed by atoms with Crippen LogP contribution in [-0.4, -0.2) is 29.3 Å². The first kappa shape index (κ1) is 15.5. The number of carbonyl (C=O) groups is 1. The molecule has 0 saturated heterocycles. The smallest absolute Gasteiger partial charge is 0.212 e. The maximum Gasteiger partial charge on any atom is 0.212 e. The summed E-state index contributed by atoms with van der Waals surface area (Å²) < 4.78 is 7.25. The van der Waals surface area contributed by atoms with E-state index in [0.717, 1.165) is 4.47 Å². The Morgan fingerprint density at radius 2 is 2.15 bits per heavy atom. The van der Waals surface area contributed by atoms with Crippen LogP contribution in [0.25, 0.3) is 0 Å². The standard InChI is InChI=1S/C13H11BrCl2N2O2/c1-20-3-2-18-12(11(16)7-17-18)13(19)8-4-9(14)6-10(15)5-8/h4-7H,2-3H2,1H3. The van der Waals surface area contributed by atoms with E-state index in [9.17, 15) is 4.79 Å². The summed E-state index contributed by atoms with van der Waals surface area (Å²) in [6.45, 7) is 0.892. The molecule has 0 radical (unpaired) electrons. The molecule has 0 amide bonds. The Morgan fingerprint density at radius 3 is 2.80 bits per heavy atom. The van der Waals surface area contributed by atoms with Crippen LogP contribution < -0.4 is 0 Å². The molecule has 0 atom stereocenters. The van der Waals surface area contributed by atoms with Gasteiger partial charge in [-0.2, -0.15) is 5.10 Å². The Labute approximate surface area is 134 Å². The monoisotopic (exact) mass is 376 g/mol. The number of rotatable bonds is 5. The number of methoxy groups -OCH3 is 1. The van der Waals surface area contributed by atoms with Gasteiger partial charge in [0.2, 0.25) is 5.78 Å². The second kappa shape index (κ2) is 6.72. The summed E-state index contributed by atoms with van der Waals surface area (Å²) in [5.74, 6) is -0.230. The van der Waals surface area contributed by atoms with E-state index in [4.69, 9.17) is 27.9 Å². The van der Waals surface area contributed by atoms with E-state index in [1.807, 2.05) is 0 Å². The maximum absolute atomic E-state index is 12.6. The van der Waals surface area contributed by atoms with Gasteiger partial charge in [-0.1, -0.05) is 39.1 Å². The van der Waals surface area contributed by atoms with Gasteiger partial charge in [-0.25, -0.2) is 0 Å². The molecule has 0 bridgehead atoms. The molecule has 0 spiro atoms. The van der Waals surface area contributed by atoms with Crippen molar-refractivity contribution in [3.05, 3.63) is 50.2 Å². The number of carbonyl (C=O) groups excluding carboxylic acids is 1. The Bertz CT molecular complexity index is 623. The topological polar surface area (TPSA) is 44.1 Å². The third-order valence-electron chi connectivity index (χ3n) is 2.64. The number of halogens is 3. The number of ether oxygens (including phenoxy) is 1. The second-order valence-electron chi connectivity index (χ2n) is 4.04. The Hall–Kier alpha value is -0.880. The van der Waals surface area contributed by atoms with Gasteiger partial charge in [-0.05, 0) is 18.2 Å². The van der Waals surface area contributed by atoms with Gasteiger partial charge >= 0.3 is 0 Å². The molecule has 0 aliphatic carbocycles. The summed E-state index contributed by atoms with van der Waals surface area (Å²) in [6.07, 6.45) is 1.45. The maximum atomic E-state index is 12.6. The van der Waals surface area contributed by atoms with E-state index < -0.39 is 0 Å². The SMILES string of the molecule is COCCn1ncc(Cl)c1C(=O)c1cc(Cl)cc(Br)c1. The lowest BCUT2D eigenvalue weighted by atomic mass is 10.1. The fourth-order valence-electron chi connectivity index (χ4n) is 1.76. The highest BCUT2D eigenvalue weighted by molar-refractivity contribution is 9.10. The van der Waals surface area contributed by atoms with Crippen molar-refractivity contribution in [1.29, 1.82) is 0 Å². The van der Waals surface area contributed by atoms with Gasteiger partial charge in [-0.3, -0.25) is 9.48 Å². The van der Waals surface area contributed by atoms with Crippen LogP contribution >= 0.6 is 39.1 Å². The minimum absolute atomic E-state index is 0.230. The lowest BCUT2D eigenvalue weighted by Crippen LogP contribution is -2.14. The highest BCUT2D eigenvalue weighted by atomic mass is 79.9. The van der Waals surface area contributed by atoms with Gasteiger partial charge in [0.1, 0.15) is 5.69 Å². The summed E-state index contributed by atoms with van der Waals surface area (Å²) >= 11 is 15.3. The number of benzene rings is 1. The molecule has 1 heterocycles. The van der Waals surface area contributed by atoms with Crippen molar-refractivity contribution >= 4 is 44.9 Å². The van der Waals surface area contributed by atoms with Crippen LogP contribution in [0, 0.1) is 0 Å². The average Bonchev–Trinajstić information content (AvgIpc) is 2.75. The van der Waals surface area contributed by atoms with Gasteiger partial charge in [0.05, 0.1) is 24.4 Å². The van der Waals surface area contributed by atoms with E-state index in [1.165, 1.54) is 10.9 Å². The number of hydrogen-bond acceptors (Lipinski definition) is 3. The molecule has 106 valence electrons. The summed E-state index contributed by atoms with van der Waals surface area (Å²) in [7, 11) is 1.58. The van der Waals surface area contributed by atoms with Crippen molar-refractivity contribution in [2.45, 2.75) is 6.54 Å². The zero-order valence-electron chi connectivity index (χ0n) is 10.6. The number of hydrogen-bond donors (Lipinski definition) is 0. The van der Waals surface area contributed by atoms with Crippen molar-refractivity contribution in [1.82, 2.24) is 9.78 Å². The van der Waals surface area contributed by atoms with Crippen LogP contribution in [0.2, 0.25) is 10.0 Å². The lowest BCUT2D eigenvalue weighted by Gasteiger charge is -2.07. The summed E-state index contributed by atoms with van der Waals surface area (Å²) in [4.78, 5) is 12.6. The van der Waals surface area contributed by atoms with Crippen LogP contribution in [0.5, 0.6) is 0 Å². The fourth-order valence-corrected chi connectivity index (χ4v) is 2.84. The van der Waals surface area contributed by atoms with E-state index in [0.29, 0.717) is 34.5 Å². The summed E-state index contributed by atoms with van der Waals surface area (Å²) in [5.41, 5.74) is 0.781. The molecular weight excluding hydrogens is 367 g/mol. The number of nitrogens with zero attached hydrogens (tertiary/aromatic N) is 2. The molecule has 4 nitrogen and oxygen atoms in total. The van der Waals surface area contributed by atoms with E-state index in [2.05, 4.69) is 21.0 Å². The van der Waals surface area contributed by atoms with E-state index in [1.54, 1.807) is 25.3 Å². The molecule has 0 aliphatic heterocycles. The largest absolute Gasteiger partial charge is 0.383 e. The minimum Gasteiger partial charge on any atom is -0.383 e. The Kier molecular flexibility index (Phi) is 5.21. The average molecular weight is 378 g/mol. The van der Waals surface area contributed by atoms with Crippen molar-refractivity contribution in [2.75, 3.05) is 13.7 Å². The molecular formula is C13H11BrCl2N2O2. The van der Waals surface area contributed by atoms with Crippen LogP contribution in [0.15, 0.2) is 28.9 Å². The van der Waals surface area contributed by atoms with Gasteiger partial charge in [0, 0.05) is 22.2 Å². The van der Waals surface area contributed by atoms with Gasteiger partial charge < -0.3 is 4.74 Å². The first-order valence-electron chi connectivity index (χ1n) is 5.74. The molecule has 0 fully saturated rings. The molecule has 1 aromatic carbocycles. The van der Waals surface area contributed by atoms with Crippen LogP contribution in [0.4, 0.5) is 0 Å². The molecule has 0 aliphatic rings. The van der Waals surface area contributed by atoms with Gasteiger partial charge in [0.25, 0.3) is 0 Å². The quantitative estimate of drug-likeness (QED) is 0.743. The number of ketones is 1. The van der Waals surface area contributed by atoms with Crippen LogP contribution in [0.3, 0.4) is 0 Å². The third-order valence-corrected chi connectivity index (χ3v) is 3.59. The first-order valence-corrected chi connectivity index (χ1v) is 7.29. The molecule has 0 saturated carbocycles. The van der Waals surface area contributed by atoms with Crippen molar-refractivity contribution in [2.24, 2.45) is 0 Å². The van der Waals surface area contributed by atoms with Crippen molar-refractivity contribution < 1.29 is 9.53 Å². The zero-order valence-corrected chi connectivity index (χ0v) is 13.7. The van der Waals surface area contributed by atoms with E-state index in [-0.39, 0.29) is 5.78 Å². The highest BCUT2D eigenvalue weighted by Crippen LogP contribution is 2.24. The first-order chi connectivity index (χ1) is 9.52. The zero-order chi connectivity index (χ0) is 14.7. The predicted octanol–water partition coefficient (Wildman–Crippen LogP) is 3.83. The second-order valence-corrected chi connectivity index (χ2v) is 5.80. The third kappa shape index (κ3) is 3.41. The van der Waals surface area contributed by atoms with Crippen LogP contribution in [-0.2, 0) is 11.3 Å². The lowest BCUT2D eigenvalue weighted by molar-refractivity contribution is 0.102. The molecule has 0 N–H and O–H groups in total. The molecule has 7 heteroatoms. The highest BCUT2D eigenvalue weighted by Gasteiger charge is 2.19. The molecule has 20 heavy (non-hydrogen) atoms. The van der Waals surface area contributed by atoms with Gasteiger partial charge in [0.15, 0.2) is 0 Å². The van der Waals surface area contributed by atoms with Crippen molar-refractivity contribution in [3.63, 3.8) is 0 Å². The molecule has 0 unspecified atom stereocenters. The minimum atomic E-state index is -0.230. The normalized spacial score (nSPS) is 10.8. The molecule has 2 aromatic rings. The van der Waals surface area contributed by atoms with Crippen LogP contribution in [0.1, 0.15) is 16.1 Å². The fraction of sp³-hybridized carbons (Fsp3) is 0.231. The predicted molar refractivity (Wildman–Crippen MR) is 81.7 cm³/mol. The summed E-state index contributed by atoms with van der Waals surface area (Å²) in [5, 5.41) is 4.87. The van der Waals surface area contributed by atoms with Gasteiger partial charge in [-0.15, -0.1) is 0 Å². The Balaban J connectivity index is 2.39.